The summed E-state index contributed by atoms with van der Waals surface area (Å²) in [6, 6.07) is 7.86. The number of aryl methyl sites for hydroxylation is 1. The van der Waals surface area contributed by atoms with Gasteiger partial charge < -0.3 is 15.4 Å². The van der Waals surface area contributed by atoms with Gasteiger partial charge in [-0.1, -0.05) is 18.2 Å². The Hall–Kier alpha value is -1.55. The average Bonchev–Trinajstić information content (AvgIpc) is 2.37. The first-order valence-corrected chi connectivity index (χ1v) is 6.33. The molecule has 0 saturated heterocycles. The highest BCUT2D eigenvalue weighted by Gasteiger charge is 2.01. The average molecular weight is 250 g/mol. The predicted octanol–water partition coefficient (Wildman–Crippen LogP) is 1.49. The van der Waals surface area contributed by atoms with E-state index < -0.39 is 0 Å². The van der Waals surface area contributed by atoms with Crippen LogP contribution in [0.2, 0.25) is 0 Å². The Morgan fingerprint density at radius 3 is 2.78 bits per heavy atom. The van der Waals surface area contributed by atoms with Crippen molar-refractivity contribution in [1.29, 1.82) is 0 Å². The third-order valence-corrected chi connectivity index (χ3v) is 2.61. The summed E-state index contributed by atoms with van der Waals surface area (Å²) in [5.41, 5.74) is 1.11. The van der Waals surface area contributed by atoms with Gasteiger partial charge in [0.1, 0.15) is 12.4 Å². The molecule has 4 nitrogen and oxygen atoms in total. The summed E-state index contributed by atoms with van der Waals surface area (Å²) in [6.07, 6.45) is 1.42. The first-order chi connectivity index (χ1) is 8.74. The van der Waals surface area contributed by atoms with Crippen LogP contribution in [0, 0.1) is 6.92 Å². The predicted molar refractivity (Wildman–Crippen MR) is 72.8 cm³/mol. The maximum Gasteiger partial charge on any atom is 0.220 e. The number of carbonyl (C=O) groups excluding carboxylic acids is 1. The molecule has 1 aromatic rings. The zero-order chi connectivity index (χ0) is 13.2. The number of amides is 1. The lowest BCUT2D eigenvalue weighted by molar-refractivity contribution is -0.121. The molecule has 0 fully saturated rings. The van der Waals surface area contributed by atoms with E-state index in [1.165, 1.54) is 0 Å². The Balaban J connectivity index is 2.12. The second-order valence-corrected chi connectivity index (χ2v) is 4.17. The molecule has 1 amide bonds. The highest BCUT2D eigenvalue weighted by Crippen LogP contribution is 2.15. The molecule has 1 aromatic carbocycles. The van der Waals surface area contributed by atoms with Crippen LogP contribution < -0.4 is 15.4 Å². The summed E-state index contributed by atoms with van der Waals surface area (Å²) in [5.74, 6) is 0.959. The van der Waals surface area contributed by atoms with Gasteiger partial charge >= 0.3 is 0 Å². The lowest BCUT2D eigenvalue weighted by Gasteiger charge is -2.09. The van der Waals surface area contributed by atoms with Crippen LogP contribution in [0.4, 0.5) is 0 Å². The van der Waals surface area contributed by atoms with Crippen molar-refractivity contribution in [1.82, 2.24) is 10.6 Å². The molecule has 0 atom stereocenters. The summed E-state index contributed by atoms with van der Waals surface area (Å²) in [6.45, 7) is 3.92. The van der Waals surface area contributed by atoms with Crippen LogP contribution >= 0.6 is 0 Å². The van der Waals surface area contributed by atoms with Gasteiger partial charge in [0.25, 0.3) is 0 Å². The largest absolute Gasteiger partial charge is 0.491 e. The molecule has 18 heavy (non-hydrogen) atoms. The topological polar surface area (TPSA) is 50.4 Å². The number of hydrogen-bond acceptors (Lipinski definition) is 3. The molecule has 2 N–H and O–H groups in total. The molecule has 0 radical (unpaired) electrons. The number of benzene rings is 1. The Morgan fingerprint density at radius 1 is 1.28 bits per heavy atom. The third kappa shape index (κ3) is 5.68. The van der Waals surface area contributed by atoms with Crippen LogP contribution in [0.1, 0.15) is 18.4 Å². The summed E-state index contributed by atoms with van der Waals surface area (Å²) < 4.78 is 5.59. The van der Waals surface area contributed by atoms with Gasteiger partial charge in [-0.25, -0.2) is 0 Å². The second-order valence-electron chi connectivity index (χ2n) is 4.17. The van der Waals surface area contributed by atoms with E-state index in [1.54, 1.807) is 0 Å². The Kier molecular flexibility index (Phi) is 6.87. The van der Waals surface area contributed by atoms with Crippen molar-refractivity contribution >= 4 is 5.91 Å². The van der Waals surface area contributed by atoms with Gasteiger partial charge in [-0.2, -0.15) is 0 Å². The van der Waals surface area contributed by atoms with E-state index in [0.29, 0.717) is 19.6 Å². The number of ether oxygens (including phenoxy) is 1. The number of hydrogen-bond donors (Lipinski definition) is 2. The minimum Gasteiger partial charge on any atom is -0.491 e. The van der Waals surface area contributed by atoms with Crippen molar-refractivity contribution in [3.63, 3.8) is 0 Å². The maximum atomic E-state index is 11.4. The van der Waals surface area contributed by atoms with Crippen molar-refractivity contribution in [3.8, 4) is 5.75 Å². The van der Waals surface area contributed by atoms with Crippen LogP contribution in [0.5, 0.6) is 5.75 Å². The van der Waals surface area contributed by atoms with Crippen LogP contribution in [0.15, 0.2) is 24.3 Å². The summed E-state index contributed by atoms with van der Waals surface area (Å²) in [4.78, 5) is 11.4. The summed E-state index contributed by atoms with van der Waals surface area (Å²) in [7, 11) is 1.88. The Bertz CT molecular complexity index is 367. The molecule has 4 heteroatoms. The van der Waals surface area contributed by atoms with Crippen molar-refractivity contribution in [2.24, 2.45) is 0 Å². The molecule has 0 saturated carbocycles. The first kappa shape index (κ1) is 14.5. The monoisotopic (exact) mass is 250 g/mol. The molecule has 0 aliphatic heterocycles. The molecule has 0 unspecified atom stereocenters. The van der Waals surface area contributed by atoms with Gasteiger partial charge in [0.05, 0.1) is 6.54 Å². The molecule has 0 heterocycles. The molecule has 1 rings (SSSR count). The minimum absolute atomic E-state index is 0.0821. The molecule has 0 aliphatic carbocycles. The molecular weight excluding hydrogens is 228 g/mol. The normalized spacial score (nSPS) is 10.1. The SMILES string of the molecule is CNCCCC(=O)NCCOc1ccccc1C. The van der Waals surface area contributed by atoms with Crippen molar-refractivity contribution in [2.75, 3.05) is 26.7 Å². The van der Waals surface area contributed by atoms with E-state index in [1.807, 2.05) is 38.2 Å². The van der Waals surface area contributed by atoms with Gasteiger partial charge in [-0.05, 0) is 38.6 Å². The van der Waals surface area contributed by atoms with Crippen molar-refractivity contribution < 1.29 is 9.53 Å². The molecule has 0 bridgehead atoms. The number of para-hydroxylation sites is 1. The molecule has 0 aromatic heterocycles. The fourth-order valence-electron chi connectivity index (χ4n) is 1.58. The van der Waals surface area contributed by atoms with Gasteiger partial charge in [0.15, 0.2) is 0 Å². The van der Waals surface area contributed by atoms with Crippen LogP contribution in [-0.4, -0.2) is 32.7 Å². The minimum atomic E-state index is 0.0821. The van der Waals surface area contributed by atoms with Crippen molar-refractivity contribution in [2.45, 2.75) is 19.8 Å². The molecule has 0 aliphatic rings. The lowest BCUT2D eigenvalue weighted by atomic mass is 10.2. The Morgan fingerprint density at radius 2 is 2.06 bits per heavy atom. The Labute approximate surface area is 109 Å². The van der Waals surface area contributed by atoms with Gasteiger partial charge in [-0.3, -0.25) is 4.79 Å². The summed E-state index contributed by atoms with van der Waals surface area (Å²) in [5, 5.41) is 5.85. The number of nitrogens with one attached hydrogen (secondary N) is 2. The summed E-state index contributed by atoms with van der Waals surface area (Å²) >= 11 is 0. The first-order valence-electron chi connectivity index (χ1n) is 6.33. The third-order valence-electron chi connectivity index (χ3n) is 2.61. The zero-order valence-electron chi connectivity index (χ0n) is 11.2. The van der Waals surface area contributed by atoms with Crippen LogP contribution in [0.25, 0.3) is 0 Å². The standard InChI is InChI=1S/C14H22N2O2/c1-12-6-3-4-7-13(12)18-11-10-16-14(17)8-5-9-15-2/h3-4,6-7,15H,5,8-11H2,1-2H3,(H,16,17). The molecule has 0 spiro atoms. The zero-order valence-corrected chi connectivity index (χ0v) is 11.2. The highest BCUT2D eigenvalue weighted by molar-refractivity contribution is 5.75. The van der Waals surface area contributed by atoms with Crippen LogP contribution in [0.3, 0.4) is 0 Å². The molecular formula is C14H22N2O2. The lowest BCUT2D eigenvalue weighted by Crippen LogP contribution is -2.28. The fraction of sp³-hybridized carbons (Fsp3) is 0.500. The van der Waals surface area contributed by atoms with E-state index in [2.05, 4.69) is 10.6 Å². The van der Waals surface area contributed by atoms with Crippen molar-refractivity contribution in [3.05, 3.63) is 29.8 Å². The van der Waals surface area contributed by atoms with Crippen LogP contribution in [-0.2, 0) is 4.79 Å². The highest BCUT2D eigenvalue weighted by atomic mass is 16.5. The van der Waals surface area contributed by atoms with Gasteiger partial charge in [-0.15, -0.1) is 0 Å². The quantitative estimate of drug-likeness (QED) is 0.687. The second kappa shape index (κ2) is 8.53. The smallest absolute Gasteiger partial charge is 0.220 e. The van der Waals surface area contributed by atoms with Gasteiger partial charge in [0.2, 0.25) is 5.91 Å². The van der Waals surface area contributed by atoms with E-state index in [9.17, 15) is 4.79 Å². The number of carbonyl (C=O) groups is 1. The number of rotatable bonds is 8. The van der Waals surface area contributed by atoms with E-state index in [4.69, 9.17) is 4.74 Å². The van der Waals surface area contributed by atoms with E-state index >= 15 is 0 Å². The maximum absolute atomic E-state index is 11.4. The molecule has 100 valence electrons. The fourth-order valence-corrected chi connectivity index (χ4v) is 1.58. The van der Waals surface area contributed by atoms with E-state index in [0.717, 1.165) is 24.3 Å². The van der Waals surface area contributed by atoms with E-state index in [-0.39, 0.29) is 5.91 Å². The van der Waals surface area contributed by atoms with Gasteiger partial charge in [0, 0.05) is 6.42 Å².